The van der Waals surface area contributed by atoms with Crippen molar-refractivity contribution in [2.24, 2.45) is 0 Å². The molecule has 2 aliphatic rings. The average Bonchev–Trinajstić information content (AvgIpc) is 2.70. The third-order valence-electron chi connectivity index (χ3n) is 5.42. The summed E-state index contributed by atoms with van der Waals surface area (Å²) in [4.78, 5) is 0. The molecule has 2 atom stereocenters. The summed E-state index contributed by atoms with van der Waals surface area (Å²) >= 11 is 0. The Morgan fingerprint density at radius 2 is 1.86 bits per heavy atom. The summed E-state index contributed by atoms with van der Waals surface area (Å²) in [5, 5.41) is 9.66. The van der Waals surface area contributed by atoms with Gasteiger partial charge >= 0.3 is 0 Å². The van der Waals surface area contributed by atoms with Crippen molar-refractivity contribution in [2.75, 3.05) is 0 Å². The third kappa shape index (κ3) is 1.86. The number of phenolic OH excluding ortho intramolecular Hbond substituents is 1. The van der Waals surface area contributed by atoms with Crippen LogP contribution in [0.4, 0.5) is 0 Å². The maximum absolute atomic E-state index is 9.66. The van der Waals surface area contributed by atoms with E-state index in [1.165, 1.54) is 36.0 Å². The lowest BCUT2D eigenvalue weighted by atomic mass is 9.68. The van der Waals surface area contributed by atoms with Crippen LogP contribution >= 0.6 is 0 Å². The molecule has 22 heavy (non-hydrogen) atoms. The Labute approximate surface area is 131 Å². The third-order valence-corrected chi connectivity index (χ3v) is 5.42. The minimum atomic E-state index is -0.0500. The van der Waals surface area contributed by atoms with Crippen LogP contribution in [0.25, 0.3) is 0 Å². The van der Waals surface area contributed by atoms with Crippen LogP contribution in [0.2, 0.25) is 0 Å². The zero-order chi connectivity index (χ0) is 15.2. The summed E-state index contributed by atoms with van der Waals surface area (Å²) in [7, 11) is 0. The van der Waals surface area contributed by atoms with E-state index in [4.69, 9.17) is 4.74 Å². The summed E-state index contributed by atoms with van der Waals surface area (Å²) in [5.74, 6) is 1.41. The van der Waals surface area contributed by atoms with Crippen LogP contribution in [0, 0.1) is 6.92 Å². The van der Waals surface area contributed by atoms with E-state index in [1.807, 2.05) is 0 Å². The quantitative estimate of drug-likeness (QED) is 0.825. The SMILES string of the molecule is Cc1cccc2c1OC1CCCCCC21c1ccc(O)cc1. The van der Waals surface area contributed by atoms with Gasteiger partial charge in [0, 0.05) is 5.56 Å². The summed E-state index contributed by atoms with van der Waals surface area (Å²) < 4.78 is 6.45. The van der Waals surface area contributed by atoms with Gasteiger partial charge < -0.3 is 9.84 Å². The van der Waals surface area contributed by atoms with E-state index in [-0.39, 0.29) is 11.5 Å². The fraction of sp³-hybridized carbons (Fsp3) is 0.400. The van der Waals surface area contributed by atoms with Gasteiger partial charge in [-0.25, -0.2) is 0 Å². The van der Waals surface area contributed by atoms with Gasteiger partial charge in [-0.1, -0.05) is 43.2 Å². The Morgan fingerprint density at radius 1 is 1.05 bits per heavy atom. The minimum absolute atomic E-state index is 0.0500. The number of fused-ring (bicyclic) bond motifs is 3. The average molecular weight is 294 g/mol. The van der Waals surface area contributed by atoms with Gasteiger partial charge in [-0.2, -0.15) is 0 Å². The molecule has 1 aliphatic carbocycles. The molecule has 2 nitrogen and oxygen atoms in total. The number of benzene rings is 2. The summed E-state index contributed by atoms with van der Waals surface area (Å²) in [6.07, 6.45) is 6.19. The number of aromatic hydroxyl groups is 1. The minimum Gasteiger partial charge on any atom is -0.508 e. The van der Waals surface area contributed by atoms with Gasteiger partial charge in [0.2, 0.25) is 0 Å². The summed E-state index contributed by atoms with van der Waals surface area (Å²) in [5.41, 5.74) is 3.79. The van der Waals surface area contributed by atoms with Crippen LogP contribution in [0.5, 0.6) is 11.5 Å². The number of phenols is 1. The number of para-hydroxylation sites is 1. The summed E-state index contributed by atoms with van der Waals surface area (Å²) in [6.45, 7) is 2.13. The van der Waals surface area contributed by atoms with Crippen LogP contribution < -0.4 is 4.74 Å². The van der Waals surface area contributed by atoms with Crippen LogP contribution in [0.15, 0.2) is 42.5 Å². The molecule has 0 bridgehead atoms. The van der Waals surface area contributed by atoms with Gasteiger partial charge in [0.25, 0.3) is 0 Å². The maximum Gasteiger partial charge on any atom is 0.126 e. The van der Waals surface area contributed by atoms with Crippen LogP contribution in [-0.2, 0) is 5.41 Å². The van der Waals surface area contributed by atoms with Crippen molar-refractivity contribution in [3.8, 4) is 11.5 Å². The molecule has 0 spiro atoms. The van der Waals surface area contributed by atoms with E-state index in [0.29, 0.717) is 5.75 Å². The zero-order valence-corrected chi connectivity index (χ0v) is 13.0. The van der Waals surface area contributed by atoms with E-state index in [9.17, 15) is 5.11 Å². The van der Waals surface area contributed by atoms with Gasteiger partial charge in [0.15, 0.2) is 0 Å². The van der Waals surface area contributed by atoms with Gasteiger partial charge in [0.05, 0.1) is 5.41 Å². The second-order valence-corrected chi connectivity index (χ2v) is 6.68. The molecule has 0 amide bonds. The van der Waals surface area contributed by atoms with Crippen molar-refractivity contribution in [3.63, 3.8) is 0 Å². The molecule has 1 aliphatic heterocycles. The first-order valence-electron chi connectivity index (χ1n) is 8.28. The highest BCUT2D eigenvalue weighted by atomic mass is 16.5. The lowest BCUT2D eigenvalue weighted by molar-refractivity contribution is 0.158. The highest BCUT2D eigenvalue weighted by molar-refractivity contribution is 5.56. The Kier molecular flexibility index (Phi) is 3.14. The largest absolute Gasteiger partial charge is 0.508 e. The molecule has 0 saturated heterocycles. The molecule has 2 unspecified atom stereocenters. The van der Waals surface area contributed by atoms with Crippen LogP contribution in [0.1, 0.15) is 48.8 Å². The Bertz CT molecular complexity index is 689. The number of rotatable bonds is 1. The van der Waals surface area contributed by atoms with Gasteiger partial charge in [0.1, 0.15) is 17.6 Å². The monoisotopic (exact) mass is 294 g/mol. The van der Waals surface area contributed by atoms with Crippen molar-refractivity contribution in [1.82, 2.24) is 0 Å². The fourth-order valence-corrected chi connectivity index (χ4v) is 4.33. The molecular formula is C20H22O2. The molecule has 4 rings (SSSR count). The standard InChI is InChI=1S/C20H22O2/c1-14-6-5-7-17-19(14)22-18-8-3-2-4-13-20(17,18)15-9-11-16(21)12-10-15/h5-7,9-12,18,21H,2-4,8,13H2,1H3. The topological polar surface area (TPSA) is 29.5 Å². The van der Waals surface area contributed by atoms with Crippen molar-refractivity contribution in [2.45, 2.75) is 50.5 Å². The first kappa shape index (κ1) is 13.7. The van der Waals surface area contributed by atoms with Gasteiger partial charge in [-0.15, -0.1) is 0 Å². The smallest absolute Gasteiger partial charge is 0.126 e. The lowest BCUT2D eigenvalue weighted by Crippen LogP contribution is -2.38. The molecule has 1 saturated carbocycles. The van der Waals surface area contributed by atoms with E-state index in [0.717, 1.165) is 18.6 Å². The van der Waals surface area contributed by atoms with E-state index >= 15 is 0 Å². The number of hydrogen-bond donors (Lipinski definition) is 1. The Hall–Kier alpha value is -1.96. The highest BCUT2D eigenvalue weighted by Crippen LogP contribution is 2.54. The van der Waals surface area contributed by atoms with Crippen LogP contribution in [0.3, 0.4) is 0 Å². The lowest BCUT2D eigenvalue weighted by Gasteiger charge is -2.33. The van der Waals surface area contributed by atoms with Gasteiger partial charge in [-0.3, -0.25) is 0 Å². The van der Waals surface area contributed by atoms with Crippen molar-refractivity contribution in [3.05, 3.63) is 59.2 Å². The molecule has 1 heterocycles. The van der Waals surface area contributed by atoms with Crippen molar-refractivity contribution >= 4 is 0 Å². The fourth-order valence-electron chi connectivity index (χ4n) is 4.33. The molecular weight excluding hydrogens is 272 g/mol. The molecule has 2 heteroatoms. The normalized spacial score (nSPS) is 26.7. The molecule has 114 valence electrons. The molecule has 1 fully saturated rings. The Balaban J connectivity index is 1.94. The van der Waals surface area contributed by atoms with E-state index < -0.39 is 0 Å². The first-order valence-corrected chi connectivity index (χ1v) is 8.28. The number of aryl methyl sites for hydroxylation is 1. The molecule has 2 aromatic rings. The van der Waals surface area contributed by atoms with E-state index in [1.54, 1.807) is 12.1 Å². The zero-order valence-electron chi connectivity index (χ0n) is 13.0. The second kappa shape index (κ2) is 5.05. The maximum atomic E-state index is 9.66. The van der Waals surface area contributed by atoms with Crippen LogP contribution in [-0.4, -0.2) is 11.2 Å². The van der Waals surface area contributed by atoms with Crippen molar-refractivity contribution in [1.29, 1.82) is 0 Å². The molecule has 1 N–H and O–H groups in total. The Morgan fingerprint density at radius 3 is 2.68 bits per heavy atom. The number of hydrogen-bond acceptors (Lipinski definition) is 2. The second-order valence-electron chi connectivity index (χ2n) is 6.68. The van der Waals surface area contributed by atoms with E-state index in [2.05, 4.69) is 37.3 Å². The predicted molar refractivity (Wildman–Crippen MR) is 87.6 cm³/mol. The highest BCUT2D eigenvalue weighted by Gasteiger charge is 2.50. The first-order chi connectivity index (χ1) is 10.7. The summed E-state index contributed by atoms with van der Waals surface area (Å²) in [6, 6.07) is 14.3. The number of ether oxygens (including phenoxy) is 1. The van der Waals surface area contributed by atoms with Crippen molar-refractivity contribution < 1.29 is 9.84 Å². The molecule has 2 aromatic carbocycles. The molecule has 0 radical (unpaired) electrons. The molecule has 0 aromatic heterocycles. The van der Waals surface area contributed by atoms with Gasteiger partial charge in [-0.05, 0) is 49.4 Å². The predicted octanol–water partition coefficient (Wildman–Crippen LogP) is 4.71.